The van der Waals surface area contributed by atoms with Crippen LogP contribution in [0.3, 0.4) is 0 Å². The largest absolute Gasteiger partial charge is 0.294 e. The number of rotatable bonds is 2. The van der Waals surface area contributed by atoms with Crippen LogP contribution in [-0.2, 0) is 9.59 Å². The number of nitrogens with zero attached hydrogens (tertiary/aromatic N) is 2. The summed E-state index contributed by atoms with van der Waals surface area (Å²) in [5.74, 6) is -1.72. The van der Waals surface area contributed by atoms with Gasteiger partial charge in [0.1, 0.15) is 5.69 Å². The minimum Gasteiger partial charge on any atom is -0.274 e. The van der Waals surface area contributed by atoms with Crippen LogP contribution >= 0.6 is 15.9 Å². The zero-order chi connectivity index (χ0) is 18.0. The van der Waals surface area contributed by atoms with Gasteiger partial charge in [0.15, 0.2) is 0 Å². The summed E-state index contributed by atoms with van der Waals surface area (Å²) in [5.41, 5.74) is 2.09. The number of amides is 2. The van der Waals surface area contributed by atoms with Crippen LogP contribution < -0.4 is 4.90 Å². The first kappa shape index (κ1) is 16.2. The van der Waals surface area contributed by atoms with E-state index in [0.29, 0.717) is 4.47 Å². The maximum Gasteiger partial charge on any atom is 0.294 e. The van der Waals surface area contributed by atoms with Gasteiger partial charge in [-0.3, -0.25) is 19.7 Å². The lowest BCUT2D eigenvalue weighted by atomic mass is 9.85. The predicted octanol–water partition coefficient (Wildman–Crippen LogP) is 3.62. The van der Waals surface area contributed by atoms with E-state index in [-0.39, 0.29) is 35.0 Å². The van der Waals surface area contributed by atoms with E-state index >= 15 is 0 Å². The number of halogens is 1. The number of imide groups is 1. The van der Waals surface area contributed by atoms with Crippen molar-refractivity contribution < 1.29 is 14.5 Å². The van der Waals surface area contributed by atoms with E-state index in [1.54, 1.807) is 6.07 Å². The second kappa shape index (κ2) is 5.36. The fraction of sp³-hybridized carbons (Fsp3) is 0.333. The van der Waals surface area contributed by atoms with Crippen LogP contribution in [-0.4, -0.2) is 16.7 Å². The molecule has 1 aromatic rings. The third-order valence-electron chi connectivity index (χ3n) is 5.37. The van der Waals surface area contributed by atoms with Crippen molar-refractivity contribution in [3.63, 3.8) is 0 Å². The minimum atomic E-state index is -0.566. The molecule has 0 N–H and O–H groups in total. The van der Waals surface area contributed by atoms with Gasteiger partial charge in [-0.25, -0.2) is 4.90 Å². The molecule has 1 saturated carbocycles. The number of nitro benzene ring substituents is 1. The van der Waals surface area contributed by atoms with Gasteiger partial charge < -0.3 is 0 Å². The van der Waals surface area contributed by atoms with Crippen LogP contribution in [0.4, 0.5) is 11.4 Å². The normalized spacial score (nSPS) is 29.6. The Morgan fingerprint density at radius 2 is 1.68 bits per heavy atom. The second-order valence-corrected chi connectivity index (χ2v) is 7.76. The van der Waals surface area contributed by atoms with Crippen LogP contribution in [0.15, 0.2) is 46.0 Å². The first-order valence-corrected chi connectivity index (χ1v) is 8.79. The van der Waals surface area contributed by atoms with Crippen LogP contribution in [0, 0.1) is 33.8 Å². The standard InChI is InChI=1S/C18H15BrN2O4/c1-8(2)14-10-4-5-11(14)16-15(10)17(22)20(18(16)23)12-6-3-9(19)7-13(12)21(24)25/h3-7,10-11,15-16H,1-2H3. The van der Waals surface area contributed by atoms with Gasteiger partial charge in [-0.2, -0.15) is 0 Å². The lowest BCUT2D eigenvalue weighted by Crippen LogP contribution is -2.33. The molecular formula is C18H15BrN2O4. The van der Waals surface area contributed by atoms with Crippen LogP contribution in [0.25, 0.3) is 0 Å². The fourth-order valence-corrected chi connectivity index (χ4v) is 4.85. The van der Waals surface area contributed by atoms with Gasteiger partial charge in [0.25, 0.3) is 5.69 Å². The molecule has 1 aromatic carbocycles. The van der Waals surface area contributed by atoms with Crippen molar-refractivity contribution in [2.24, 2.45) is 23.7 Å². The van der Waals surface area contributed by atoms with Crippen molar-refractivity contribution in [3.05, 3.63) is 56.1 Å². The Bertz CT molecular complexity index is 866. The molecule has 1 heterocycles. The predicted molar refractivity (Wildman–Crippen MR) is 94.8 cm³/mol. The first-order valence-electron chi connectivity index (χ1n) is 8.00. The number of benzene rings is 1. The lowest BCUT2D eigenvalue weighted by molar-refractivity contribution is -0.384. The molecule has 0 radical (unpaired) electrons. The van der Waals surface area contributed by atoms with E-state index in [4.69, 9.17) is 0 Å². The Hall–Kier alpha value is -2.28. The van der Waals surface area contributed by atoms with E-state index in [1.807, 2.05) is 26.0 Å². The van der Waals surface area contributed by atoms with Gasteiger partial charge in [0.05, 0.1) is 16.8 Å². The summed E-state index contributed by atoms with van der Waals surface area (Å²) in [6.45, 7) is 3.99. The second-order valence-electron chi connectivity index (χ2n) is 6.85. The molecule has 2 bridgehead atoms. The Morgan fingerprint density at radius 3 is 2.16 bits per heavy atom. The van der Waals surface area contributed by atoms with E-state index in [1.165, 1.54) is 12.1 Å². The number of allylic oxidation sites excluding steroid dienone is 4. The molecule has 7 heteroatoms. The lowest BCUT2D eigenvalue weighted by Gasteiger charge is -2.19. The Morgan fingerprint density at radius 1 is 1.12 bits per heavy atom. The SMILES string of the molecule is CC(C)=C1C2C=CC1C1C(=O)N(c3ccc(Br)cc3[N+](=O)[O-])C(=O)C21. The van der Waals surface area contributed by atoms with Crippen LogP contribution in [0.5, 0.6) is 0 Å². The zero-order valence-corrected chi connectivity index (χ0v) is 15.2. The monoisotopic (exact) mass is 402 g/mol. The molecule has 6 nitrogen and oxygen atoms in total. The molecule has 4 rings (SSSR count). The topological polar surface area (TPSA) is 80.5 Å². The van der Waals surface area contributed by atoms with E-state index in [9.17, 15) is 19.7 Å². The molecule has 4 unspecified atom stereocenters. The molecule has 3 aliphatic rings. The number of carbonyl (C=O) groups is 2. The van der Waals surface area contributed by atoms with Crippen molar-refractivity contribution in [1.82, 2.24) is 0 Å². The molecule has 0 spiro atoms. The summed E-state index contributed by atoms with van der Waals surface area (Å²) in [4.78, 5) is 37.9. The fourth-order valence-electron chi connectivity index (χ4n) is 4.50. The van der Waals surface area contributed by atoms with Gasteiger partial charge in [-0.05, 0) is 26.0 Å². The first-order chi connectivity index (χ1) is 11.8. The molecular weight excluding hydrogens is 388 g/mol. The average molecular weight is 403 g/mol. The highest BCUT2D eigenvalue weighted by Gasteiger charge is 2.62. The Balaban J connectivity index is 1.81. The number of hydrogen-bond donors (Lipinski definition) is 0. The molecule has 2 amide bonds. The third-order valence-corrected chi connectivity index (χ3v) is 5.86. The molecule has 2 fully saturated rings. The smallest absolute Gasteiger partial charge is 0.274 e. The molecule has 2 aliphatic carbocycles. The highest BCUT2D eigenvalue weighted by molar-refractivity contribution is 9.10. The summed E-state index contributed by atoms with van der Waals surface area (Å²) in [7, 11) is 0. The van der Waals surface area contributed by atoms with Gasteiger partial charge >= 0.3 is 0 Å². The van der Waals surface area contributed by atoms with Gasteiger partial charge in [0, 0.05) is 22.4 Å². The van der Waals surface area contributed by atoms with Crippen molar-refractivity contribution >= 4 is 39.1 Å². The minimum absolute atomic E-state index is 0.0516. The summed E-state index contributed by atoms with van der Waals surface area (Å²) in [6.07, 6.45) is 4.00. The zero-order valence-electron chi connectivity index (χ0n) is 13.6. The van der Waals surface area contributed by atoms with Crippen molar-refractivity contribution in [1.29, 1.82) is 0 Å². The molecule has 0 aromatic heterocycles. The molecule has 1 aliphatic heterocycles. The molecule has 1 saturated heterocycles. The maximum atomic E-state index is 13.0. The maximum absolute atomic E-state index is 13.0. The Kier molecular flexibility index (Phi) is 3.47. The summed E-state index contributed by atoms with van der Waals surface area (Å²) in [6, 6.07) is 4.37. The van der Waals surface area contributed by atoms with Gasteiger partial charge in [0.2, 0.25) is 11.8 Å². The summed E-state index contributed by atoms with van der Waals surface area (Å²) < 4.78 is 0.524. The van der Waals surface area contributed by atoms with Crippen LogP contribution in [0.1, 0.15) is 13.8 Å². The van der Waals surface area contributed by atoms with Crippen molar-refractivity contribution in [2.45, 2.75) is 13.8 Å². The number of anilines is 1. The third kappa shape index (κ3) is 2.08. The number of carbonyl (C=O) groups excluding carboxylic acids is 2. The number of hydrogen-bond acceptors (Lipinski definition) is 4. The van der Waals surface area contributed by atoms with Crippen molar-refractivity contribution in [2.75, 3.05) is 4.90 Å². The summed E-state index contributed by atoms with van der Waals surface area (Å²) in [5, 5.41) is 11.4. The van der Waals surface area contributed by atoms with Gasteiger partial charge in [-0.1, -0.05) is 39.2 Å². The highest BCUT2D eigenvalue weighted by atomic mass is 79.9. The van der Waals surface area contributed by atoms with E-state index in [2.05, 4.69) is 15.9 Å². The highest BCUT2D eigenvalue weighted by Crippen LogP contribution is 2.57. The summed E-state index contributed by atoms with van der Waals surface area (Å²) >= 11 is 3.20. The van der Waals surface area contributed by atoms with Crippen molar-refractivity contribution in [3.8, 4) is 0 Å². The Labute approximate surface area is 152 Å². The van der Waals surface area contributed by atoms with E-state index < -0.39 is 16.8 Å². The molecule has 25 heavy (non-hydrogen) atoms. The number of nitro groups is 1. The molecule has 128 valence electrons. The number of fused-ring (bicyclic) bond motifs is 5. The van der Waals surface area contributed by atoms with Gasteiger partial charge in [-0.15, -0.1) is 0 Å². The average Bonchev–Trinajstić information content (AvgIpc) is 3.18. The van der Waals surface area contributed by atoms with E-state index in [0.717, 1.165) is 16.0 Å². The quantitative estimate of drug-likeness (QED) is 0.327. The van der Waals surface area contributed by atoms with Crippen LogP contribution in [0.2, 0.25) is 0 Å². The molecule has 4 atom stereocenters.